The van der Waals surface area contributed by atoms with Crippen LogP contribution in [0.15, 0.2) is 49.0 Å². The minimum atomic E-state index is -0.402. The van der Waals surface area contributed by atoms with E-state index in [0.717, 1.165) is 35.2 Å². The van der Waals surface area contributed by atoms with Crippen molar-refractivity contribution in [3.63, 3.8) is 0 Å². The number of amides is 1. The highest BCUT2D eigenvalue weighted by molar-refractivity contribution is 5.90. The zero-order valence-electron chi connectivity index (χ0n) is 18.7. The molecule has 1 saturated heterocycles. The van der Waals surface area contributed by atoms with Crippen LogP contribution in [0.1, 0.15) is 38.1 Å². The predicted octanol–water partition coefficient (Wildman–Crippen LogP) is 3.80. The quantitative estimate of drug-likeness (QED) is 0.453. The van der Waals surface area contributed by atoms with Crippen molar-refractivity contribution in [2.45, 2.75) is 38.1 Å². The lowest BCUT2D eigenvalue weighted by Crippen LogP contribution is -2.49. The number of hydrogen-bond acceptors (Lipinski definition) is 7. The van der Waals surface area contributed by atoms with Crippen molar-refractivity contribution in [2.75, 3.05) is 36.4 Å². The molecule has 1 aromatic carbocycles. The smallest absolute Gasteiger partial charge is 0.288 e. The third-order valence-electron chi connectivity index (χ3n) is 6.56. The first-order valence-electron chi connectivity index (χ1n) is 11.6. The molecule has 33 heavy (non-hydrogen) atoms. The summed E-state index contributed by atoms with van der Waals surface area (Å²) in [5.41, 5.74) is 2.88. The molecule has 3 aromatic rings. The van der Waals surface area contributed by atoms with Gasteiger partial charge in [-0.25, -0.2) is 9.67 Å². The molecule has 0 spiro atoms. The Morgan fingerprint density at radius 1 is 1.03 bits per heavy atom. The number of rotatable bonds is 5. The molecule has 172 valence electrons. The molecule has 2 N–H and O–H groups in total. The number of fused-ring (bicyclic) bond motifs is 1. The Hall–Kier alpha value is -3.62. The fraction of sp³-hybridized carbons (Fsp3) is 0.417. The highest BCUT2D eigenvalue weighted by atomic mass is 16.3. The highest BCUT2D eigenvalue weighted by Gasteiger charge is 2.23. The maximum absolute atomic E-state index is 11.9. The second-order valence-corrected chi connectivity index (χ2v) is 8.75. The monoisotopic (exact) mass is 447 g/mol. The molecule has 2 fully saturated rings. The fourth-order valence-corrected chi connectivity index (χ4v) is 4.72. The summed E-state index contributed by atoms with van der Waals surface area (Å²) >= 11 is 0. The minimum Gasteiger partial charge on any atom is -0.503 e. The van der Waals surface area contributed by atoms with Crippen molar-refractivity contribution < 1.29 is 9.90 Å². The van der Waals surface area contributed by atoms with Crippen LogP contribution in [0.2, 0.25) is 0 Å². The van der Waals surface area contributed by atoms with E-state index in [1.54, 1.807) is 4.90 Å². The molecule has 9 nitrogen and oxygen atoms in total. The number of aliphatic hydroxyl groups excluding tert-OH is 1. The minimum absolute atomic E-state index is 0.393. The summed E-state index contributed by atoms with van der Waals surface area (Å²) in [5.74, 6) is -0.235. The average molecular weight is 448 g/mol. The number of hydrogen-bond donors (Lipinski definition) is 2. The van der Waals surface area contributed by atoms with E-state index in [9.17, 15) is 9.90 Å². The number of piperazine rings is 1. The van der Waals surface area contributed by atoms with Crippen LogP contribution in [-0.2, 0) is 4.79 Å². The zero-order chi connectivity index (χ0) is 22.8. The third-order valence-corrected chi connectivity index (χ3v) is 6.56. The highest BCUT2D eigenvalue weighted by Crippen LogP contribution is 2.30. The molecular formula is C24H29N7O2. The topological polar surface area (TPSA) is 99.4 Å². The zero-order valence-corrected chi connectivity index (χ0v) is 18.7. The number of carbonyl (C=O) groups excluding carboxylic acids is 1. The standard InChI is InChI=1S/C24H29N7O2/c1-17(32)23(33)30-13-11-29(12-14-30)20-9-7-19(8-10-20)27-24-25-15-18-16-26-31(22(18)28-24)21-5-3-2-4-6-21/h7-10,15-16,21,32H,1-6,11-14H2,(H,25,27,28). The Morgan fingerprint density at radius 3 is 2.45 bits per heavy atom. The summed E-state index contributed by atoms with van der Waals surface area (Å²) < 4.78 is 2.07. The summed E-state index contributed by atoms with van der Waals surface area (Å²) in [5, 5.41) is 18.2. The van der Waals surface area contributed by atoms with Crippen molar-refractivity contribution in [2.24, 2.45) is 0 Å². The summed E-state index contributed by atoms with van der Waals surface area (Å²) in [7, 11) is 0. The SMILES string of the molecule is C=C(O)C(=O)N1CCN(c2ccc(Nc3ncc4cnn(C5CCCCC5)c4n3)cc2)CC1. The van der Waals surface area contributed by atoms with Gasteiger partial charge in [0.1, 0.15) is 0 Å². The second kappa shape index (κ2) is 9.09. The molecule has 0 bridgehead atoms. The van der Waals surface area contributed by atoms with E-state index in [0.29, 0.717) is 38.2 Å². The molecule has 0 radical (unpaired) electrons. The van der Waals surface area contributed by atoms with Crippen molar-refractivity contribution in [3.8, 4) is 0 Å². The van der Waals surface area contributed by atoms with Gasteiger partial charge in [-0.2, -0.15) is 10.1 Å². The van der Waals surface area contributed by atoms with Gasteiger partial charge in [-0.3, -0.25) is 4.79 Å². The van der Waals surface area contributed by atoms with Crippen LogP contribution < -0.4 is 10.2 Å². The molecule has 0 atom stereocenters. The molecule has 2 aliphatic rings. The van der Waals surface area contributed by atoms with Crippen molar-refractivity contribution in [1.29, 1.82) is 0 Å². The maximum Gasteiger partial charge on any atom is 0.288 e. The number of aliphatic hydroxyl groups is 1. The van der Waals surface area contributed by atoms with Crippen LogP contribution in [0.4, 0.5) is 17.3 Å². The number of carbonyl (C=O) groups is 1. The summed E-state index contributed by atoms with van der Waals surface area (Å²) in [6, 6.07) is 8.54. The third kappa shape index (κ3) is 4.48. The first kappa shape index (κ1) is 21.2. The average Bonchev–Trinajstić information content (AvgIpc) is 3.28. The van der Waals surface area contributed by atoms with E-state index in [1.165, 1.54) is 19.3 Å². The molecule has 1 saturated carbocycles. The Bertz CT molecular complexity index is 1140. The molecule has 1 aliphatic carbocycles. The van der Waals surface area contributed by atoms with Gasteiger partial charge in [-0.15, -0.1) is 0 Å². The summed E-state index contributed by atoms with van der Waals surface area (Å²) in [4.78, 5) is 24.9. The lowest BCUT2D eigenvalue weighted by atomic mass is 9.96. The normalized spacial score (nSPS) is 17.3. The molecule has 2 aromatic heterocycles. The lowest BCUT2D eigenvalue weighted by Gasteiger charge is -2.35. The van der Waals surface area contributed by atoms with Crippen molar-refractivity contribution in [1.82, 2.24) is 24.6 Å². The molecule has 1 amide bonds. The Labute approximate surface area is 192 Å². The predicted molar refractivity (Wildman–Crippen MR) is 128 cm³/mol. The molecule has 3 heterocycles. The maximum atomic E-state index is 11.9. The van der Waals surface area contributed by atoms with Gasteiger partial charge in [0.25, 0.3) is 5.91 Å². The van der Waals surface area contributed by atoms with Crippen LogP contribution >= 0.6 is 0 Å². The van der Waals surface area contributed by atoms with E-state index in [2.05, 4.69) is 43.7 Å². The molecule has 5 rings (SSSR count). The van der Waals surface area contributed by atoms with E-state index >= 15 is 0 Å². The number of aromatic nitrogens is 4. The summed E-state index contributed by atoms with van der Waals surface area (Å²) in [6.45, 7) is 5.85. The first-order chi connectivity index (χ1) is 16.1. The Morgan fingerprint density at radius 2 is 1.76 bits per heavy atom. The number of nitrogens with one attached hydrogen (secondary N) is 1. The Balaban J connectivity index is 1.25. The van der Waals surface area contributed by atoms with E-state index in [1.807, 2.05) is 24.5 Å². The van der Waals surface area contributed by atoms with Crippen LogP contribution in [-0.4, -0.2) is 61.8 Å². The lowest BCUT2D eigenvalue weighted by molar-refractivity contribution is -0.130. The fourth-order valence-electron chi connectivity index (χ4n) is 4.72. The van der Waals surface area contributed by atoms with Crippen LogP contribution in [0.25, 0.3) is 11.0 Å². The number of nitrogens with zero attached hydrogens (tertiary/aromatic N) is 6. The van der Waals surface area contributed by atoms with Crippen molar-refractivity contribution in [3.05, 3.63) is 49.0 Å². The summed E-state index contributed by atoms with van der Waals surface area (Å²) in [6.07, 6.45) is 9.79. The van der Waals surface area contributed by atoms with Gasteiger partial charge < -0.3 is 20.2 Å². The van der Waals surface area contributed by atoms with E-state index in [-0.39, 0.29) is 0 Å². The van der Waals surface area contributed by atoms with Crippen LogP contribution in [0.5, 0.6) is 0 Å². The molecule has 0 unspecified atom stereocenters. The number of anilines is 3. The van der Waals surface area contributed by atoms with Gasteiger partial charge >= 0.3 is 0 Å². The number of benzene rings is 1. The van der Waals surface area contributed by atoms with Gasteiger partial charge in [0.2, 0.25) is 5.95 Å². The second-order valence-electron chi connectivity index (χ2n) is 8.75. The largest absolute Gasteiger partial charge is 0.503 e. The molecular weight excluding hydrogens is 418 g/mol. The first-order valence-corrected chi connectivity index (χ1v) is 11.6. The van der Waals surface area contributed by atoms with E-state index in [4.69, 9.17) is 4.98 Å². The van der Waals surface area contributed by atoms with E-state index < -0.39 is 11.7 Å². The molecule has 9 heteroatoms. The van der Waals surface area contributed by atoms with Gasteiger partial charge in [-0.05, 0) is 37.1 Å². The van der Waals surface area contributed by atoms with Crippen molar-refractivity contribution >= 4 is 34.3 Å². The van der Waals surface area contributed by atoms with Gasteiger partial charge in [0, 0.05) is 43.8 Å². The van der Waals surface area contributed by atoms with Gasteiger partial charge in [0.15, 0.2) is 11.4 Å². The van der Waals surface area contributed by atoms with Crippen LogP contribution in [0, 0.1) is 0 Å². The molecule has 1 aliphatic heterocycles. The van der Waals surface area contributed by atoms with Crippen LogP contribution in [0.3, 0.4) is 0 Å². The Kier molecular flexibility index (Phi) is 5.85. The van der Waals surface area contributed by atoms with Gasteiger partial charge in [-0.1, -0.05) is 25.8 Å². The van der Waals surface area contributed by atoms with Gasteiger partial charge in [0.05, 0.1) is 17.6 Å².